The molecule has 0 N–H and O–H groups in total. The van der Waals surface area contributed by atoms with E-state index in [2.05, 4.69) is 0 Å². The quantitative estimate of drug-likeness (QED) is 0.504. The molecule has 2 aromatic rings. The molecule has 1 aromatic carbocycles. The summed E-state index contributed by atoms with van der Waals surface area (Å²) in [5.74, 6) is 0.774. The van der Waals surface area contributed by atoms with Crippen LogP contribution < -0.4 is 4.74 Å². The molecule has 27 heavy (non-hydrogen) atoms. The molecule has 1 aliphatic rings. The smallest absolute Gasteiger partial charge is 0.416 e. The molecule has 9 heteroatoms. The number of ether oxygens (including phenoxy) is 1. The van der Waals surface area contributed by atoms with E-state index in [1.165, 1.54) is 28.8 Å². The number of nitrogens with zero attached hydrogens (tertiary/aromatic N) is 1. The molecule has 0 radical (unpaired) electrons. The van der Waals surface area contributed by atoms with Crippen molar-refractivity contribution in [2.75, 3.05) is 6.54 Å². The summed E-state index contributed by atoms with van der Waals surface area (Å²) in [6, 6.07) is 7.92. The van der Waals surface area contributed by atoms with Crippen molar-refractivity contribution >= 4 is 40.3 Å². The number of hydrogen-bond acceptors (Lipinski definition) is 5. The molecule has 1 amide bonds. The van der Waals surface area contributed by atoms with Gasteiger partial charge < -0.3 is 9.15 Å². The van der Waals surface area contributed by atoms with Gasteiger partial charge in [0.05, 0.1) is 10.5 Å². The van der Waals surface area contributed by atoms with Crippen LogP contribution in [0.25, 0.3) is 6.08 Å². The van der Waals surface area contributed by atoms with Crippen LogP contribution in [-0.4, -0.2) is 21.7 Å². The third-order valence-electron chi connectivity index (χ3n) is 3.69. The molecule has 0 aliphatic carbocycles. The third kappa shape index (κ3) is 4.54. The SMILES string of the molecule is CCN1C(=O)/C(=C\c2ccc(COc3cccc(C(F)(F)F)c3)o2)SC1=S. The second-order valence-electron chi connectivity index (χ2n) is 5.54. The Kier molecular flexibility index (Phi) is 5.61. The second-order valence-corrected chi connectivity index (χ2v) is 7.22. The molecule has 0 unspecified atom stereocenters. The normalized spacial score (nSPS) is 16.4. The lowest BCUT2D eigenvalue weighted by Gasteiger charge is -2.09. The number of carbonyl (C=O) groups is 1. The van der Waals surface area contributed by atoms with Gasteiger partial charge in [0.15, 0.2) is 0 Å². The predicted octanol–water partition coefficient (Wildman–Crippen LogP) is 5.10. The van der Waals surface area contributed by atoms with Crippen LogP contribution in [0.2, 0.25) is 0 Å². The minimum absolute atomic E-state index is 0.0366. The van der Waals surface area contributed by atoms with Gasteiger partial charge in [-0.15, -0.1) is 0 Å². The van der Waals surface area contributed by atoms with Crippen LogP contribution >= 0.6 is 24.0 Å². The Hall–Kier alpha value is -2.26. The number of halogens is 3. The maximum Gasteiger partial charge on any atom is 0.416 e. The number of hydrogen-bond donors (Lipinski definition) is 0. The third-order valence-corrected chi connectivity index (χ3v) is 5.07. The van der Waals surface area contributed by atoms with E-state index in [9.17, 15) is 18.0 Å². The van der Waals surface area contributed by atoms with Crippen molar-refractivity contribution in [2.24, 2.45) is 0 Å². The molecule has 3 rings (SSSR count). The zero-order valence-corrected chi connectivity index (χ0v) is 15.7. The maximum absolute atomic E-state index is 12.7. The van der Waals surface area contributed by atoms with Crippen molar-refractivity contribution in [2.45, 2.75) is 19.7 Å². The summed E-state index contributed by atoms with van der Waals surface area (Å²) in [5.41, 5.74) is -0.780. The minimum Gasteiger partial charge on any atom is -0.486 e. The van der Waals surface area contributed by atoms with Crippen molar-refractivity contribution in [3.8, 4) is 5.75 Å². The average molecular weight is 413 g/mol. The summed E-state index contributed by atoms with van der Waals surface area (Å²) in [6.07, 6.45) is -2.84. The van der Waals surface area contributed by atoms with Gasteiger partial charge >= 0.3 is 6.18 Å². The van der Waals surface area contributed by atoms with E-state index in [1.54, 1.807) is 18.2 Å². The molecule has 1 saturated heterocycles. The molecule has 2 heterocycles. The van der Waals surface area contributed by atoms with Gasteiger partial charge in [0.2, 0.25) is 0 Å². The first-order valence-corrected chi connectivity index (χ1v) is 9.14. The van der Waals surface area contributed by atoms with Crippen molar-refractivity contribution in [3.63, 3.8) is 0 Å². The Morgan fingerprint density at radius 1 is 1.30 bits per heavy atom. The molecule has 0 atom stereocenters. The van der Waals surface area contributed by atoms with Crippen molar-refractivity contribution in [1.29, 1.82) is 0 Å². The molecule has 142 valence electrons. The van der Waals surface area contributed by atoms with E-state index in [0.29, 0.717) is 27.3 Å². The van der Waals surface area contributed by atoms with Crippen molar-refractivity contribution in [1.82, 2.24) is 4.90 Å². The predicted molar refractivity (Wildman–Crippen MR) is 100 cm³/mol. The second kappa shape index (κ2) is 7.77. The van der Waals surface area contributed by atoms with Crippen LogP contribution in [0.4, 0.5) is 13.2 Å². The molecular formula is C18H14F3NO3S2. The Bertz CT molecular complexity index is 905. The molecule has 4 nitrogen and oxygen atoms in total. The Morgan fingerprint density at radius 3 is 2.74 bits per heavy atom. The standard InChI is InChI=1S/C18H14F3NO3S2/c1-2-22-16(23)15(27-17(22)26)9-13-6-7-14(25-13)10-24-12-5-3-4-11(8-12)18(19,20)21/h3-9H,2,10H2,1H3/b15-9+. The number of thioether (sulfide) groups is 1. The monoisotopic (exact) mass is 413 g/mol. The van der Waals surface area contributed by atoms with Crippen molar-refractivity contribution in [3.05, 3.63) is 58.4 Å². The number of furan rings is 1. The lowest BCUT2D eigenvalue weighted by molar-refractivity contribution is -0.137. The van der Waals surface area contributed by atoms with Gasteiger partial charge in [-0.05, 0) is 37.3 Å². The first kappa shape index (κ1) is 19.5. The zero-order valence-electron chi connectivity index (χ0n) is 14.1. The fraction of sp³-hybridized carbons (Fsp3) is 0.222. The van der Waals surface area contributed by atoms with Gasteiger partial charge in [-0.25, -0.2) is 0 Å². The van der Waals surface area contributed by atoms with Gasteiger partial charge in [0.25, 0.3) is 5.91 Å². The summed E-state index contributed by atoms with van der Waals surface area (Å²) in [6.45, 7) is 2.30. The van der Waals surface area contributed by atoms with E-state index in [4.69, 9.17) is 21.4 Å². The number of benzene rings is 1. The number of rotatable bonds is 5. The van der Waals surface area contributed by atoms with Gasteiger partial charge in [-0.1, -0.05) is 30.0 Å². The van der Waals surface area contributed by atoms with Crippen LogP contribution in [0.15, 0.2) is 45.7 Å². The Labute approximate surface area is 163 Å². The summed E-state index contributed by atoms with van der Waals surface area (Å²) < 4.78 is 49.6. The molecular weight excluding hydrogens is 399 g/mol. The summed E-state index contributed by atoms with van der Waals surface area (Å²) in [4.78, 5) is 14.1. The first-order chi connectivity index (χ1) is 12.8. The summed E-state index contributed by atoms with van der Waals surface area (Å²) in [5, 5.41) is 0. The largest absolute Gasteiger partial charge is 0.486 e. The van der Waals surface area contributed by atoms with Crippen LogP contribution in [0, 0.1) is 0 Å². The highest BCUT2D eigenvalue weighted by Crippen LogP contribution is 2.33. The summed E-state index contributed by atoms with van der Waals surface area (Å²) >= 11 is 6.34. The van der Waals surface area contributed by atoms with E-state index >= 15 is 0 Å². The van der Waals surface area contributed by atoms with Crippen LogP contribution in [0.1, 0.15) is 24.0 Å². The Morgan fingerprint density at radius 2 is 2.07 bits per heavy atom. The minimum atomic E-state index is -4.43. The average Bonchev–Trinajstić information content (AvgIpc) is 3.17. The lowest BCUT2D eigenvalue weighted by Crippen LogP contribution is -2.27. The molecule has 0 spiro atoms. The highest BCUT2D eigenvalue weighted by atomic mass is 32.2. The van der Waals surface area contributed by atoms with Gasteiger partial charge in [-0.3, -0.25) is 9.69 Å². The number of carbonyl (C=O) groups excluding carboxylic acids is 1. The Balaban J connectivity index is 1.66. The van der Waals surface area contributed by atoms with E-state index < -0.39 is 11.7 Å². The highest BCUT2D eigenvalue weighted by Gasteiger charge is 2.31. The molecule has 1 aromatic heterocycles. The zero-order chi connectivity index (χ0) is 19.6. The van der Waals surface area contributed by atoms with Gasteiger partial charge in [0.1, 0.15) is 28.2 Å². The topological polar surface area (TPSA) is 42.7 Å². The number of alkyl halides is 3. The number of thiocarbonyl (C=S) groups is 1. The molecule has 1 fully saturated rings. The lowest BCUT2D eigenvalue weighted by atomic mass is 10.2. The number of likely N-dealkylation sites (N-methyl/N-ethyl adjacent to an activating group) is 1. The molecule has 0 saturated carbocycles. The maximum atomic E-state index is 12.7. The van der Waals surface area contributed by atoms with E-state index in [0.717, 1.165) is 12.1 Å². The molecule has 0 bridgehead atoms. The van der Waals surface area contributed by atoms with Crippen LogP contribution in [0.5, 0.6) is 5.75 Å². The number of amides is 1. The van der Waals surface area contributed by atoms with Gasteiger partial charge in [-0.2, -0.15) is 13.2 Å². The fourth-order valence-corrected chi connectivity index (χ4v) is 3.73. The summed E-state index contributed by atoms with van der Waals surface area (Å²) in [7, 11) is 0. The fourth-order valence-electron chi connectivity index (χ4n) is 2.37. The van der Waals surface area contributed by atoms with Crippen LogP contribution in [-0.2, 0) is 17.6 Å². The van der Waals surface area contributed by atoms with E-state index in [-0.39, 0.29) is 18.3 Å². The van der Waals surface area contributed by atoms with Crippen molar-refractivity contribution < 1.29 is 27.1 Å². The highest BCUT2D eigenvalue weighted by molar-refractivity contribution is 8.26. The van der Waals surface area contributed by atoms with Gasteiger partial charge in [0, 0.05) is 12.6 Å². The molecule has 1 aliphatic heterocycles. The first-order valence-electron chi connectivity index (χ1n) is 7.92. The van der Waals surface area contributed by atoms with Crippen LogP contribution in [0.3, 0.4) is 0 Å². The van der Waals surface area contributed by atoms with E-state index in [1.807, 2.05) is 6.92 Å².